The Labute approximate surface area is 148 Å². The van der Waals surface area contributed by atoms with Crippen molar-refractivity contribution in [2.45, 2.75) is 70.8 Å². The van der Waals surface area contributed by atoms with Gasteiger partial charge in [0.1, 0.15) is 5.75 Å². The van der Waals surface area contributed by atoms with Crippen molar-refractivity contribution < 1.29 is 31.4 Å². The Kier molecular flexibility index (Phi) is 5.81. The van der Waals surface area contributed by atoms with Crippen LogP contribution in [0, 0.1) is 0 Å². The van der Waals surface area contributed by atoms with E-state index >= 15 is 0 Å². The van der Waals surface area contributed by atoms with Gasteiger partial charge in [-0.25, -0.2) is 0 Å². The molecule has 0 aliphatic carbocycles. The molecule has 26 heavy (non-hydrogen) atoms. The Balaban J connectivity index is 3.57. The van der Waals surface area contributed by atoms with E-state index in [1.165, 1.54) is 6.07 Å². The number of nitrogens with zero attached hydrogens (tertiary/aromatic N) is 1. The average Bonchev–Trinajstić information content (AvgIpc) is 2.34. The first-order chi connectivity index (χ1) is 11.3. The van der Waals surface area contributed by atoms with Gasteiger partial charge in [-0.3, -0.25) is 4.99 Å². The van der Waals surface area contributed by atoms with Crippen molar-refractivity contribution in [3.8, 4) is 5.75 Å². The highest BCUT2D eigenvalue weighted by Gasteiger charge is 2.56. The molecule has 0 aromatic heterocycles. The molecular weight excluding hydrogens is 360 g/mol. The Morgan fingerprint density at radius 3 is 1.65 bits per heavy atom. The van der Waals surface area contributed by atoms with Crippen LogP contribution in [0.2, 0.25) is 0 Å². The second-order valence-corrected chi connectivity index (χ2v) is 8.23. The lowest BCUT2D eigenvalue weighted by Crippen LogP contribution is -2.40. The highest BCUT2D eigenvalue weighted by molar-refractivity contribution is 5.85. The van der Waals surface area contributed by atoms with Crippen LogP contribution in [0.1, 0.15) is 58.2 Å². The number of hydrogen-bond donors (Lipinski definition) is 1. The fourth-order valence-corrected chi connectivity index (χ4v) is 2.27. The summed E-state index contributed by atoms with van der Waals surface area (Å²) in [5, 5.41) is 10.4. The maximum atomic E-state index is 12.7. The highest BCUT2D eigenvalue weighted by atomic mass is 19.4. The van der Waals surface area contributed by atoms with Gasteiger partial charge in [0.15, 0.2) is 0 Å². The summed E-state index contributed by atoms with van der Waals surface area (Å²) >= 11 is 0. The van der Waals surface area contributed by atoms with Crippen molar-refractivity contribution in [3.05, 3.63) is 28.8 Å². The van der Waals surface area contributed by atoms with Crippen LogP contribution in [0.4, 0.5) is 26.3 Å². The first-order valence-electron chi connectivity index (χ1n) is 7.89. The van der Waals surface area contributed by atoms with Crippen molar-refractivity contribution in [1.29, 1.82) is 0 Å². The fourth-order valence-electron chi connectivity index (χ4n) is 2.27. The van der Waals surface area contributed by atoms with Crippen LogP contribution in [-0.4, -0.2) is 29.7 Å². The predicted molar refractivity (Wildman–Crippen MR) is 89.0 cm³/mol. The summed E-state index contributed by atoms with van der Waals surface area (Å²) in [6.07, 6.45) is -10.7. The molecule has 0 atom stereocenters. The predicted octanol–water partition coefficient (Wildman–Crippen LogP) is 5.90. The molecule has 0 aliphatic rings. The van der Waals surface area contributed by atoms with Crippen LogP contribution in [0.15, 0.2) is 17.1 Å². The molecular formula is C18H23F6NO. The lowest BCUT2D eigenvalue weighted by molar-refractivity contribution is -0.247. The minimum atomic E-state index is -5.57. The molecule has 148 valence electrons. The molecule has 0 bridgehead atoms. The third kappa shape index (κ3) is 5.38. The topological polar surface area (TPSA) is 32.6 Å². The third-order valence-corrected chi connectivity index (χ3v) is 3.80. The van der Waals surface area contributed by atoms with E-state index in [0.717, 1.165) is 0 Å². The molecule has 1 rings (SSSR count). The van der Waals surface area contributed by atoms with Crippen molar-refractivity contribution in [3.63, 3.8) is 0 Å². The number of halogens is 6. The number of rotatable bonds is 2. The maximum absolute atomic E-state index is 12.7. The Morgan fingerprint density at radius 2 is 1.31 bits per heavy atom. The molecule has 1 N–H and O–H groups in total. The van der Waals surface area contributed by atoms with Crippen LogP contribution in [0.25, 0.3) is 0 Å². The normalized spacial score (nSPS) is 14.5. The smallest absolute Gasteiger partial charge is 0.419 e. The van der Waals surface area contributed by atoms with Crippen LogP contribution in [0.3, 0.4) is 0 Å². The molecule has 1 aromatic rings. The van der Waals surface area contributed by atoms with E-state index < -0.39 is 29.2 Å². The molecule has 0 saturated carbocycles. The monoisotopic (exact) mass is 383 g/mol. The molecule has 0 saturated heterocycles. The minimum Gasteiger partial charge on any atom is -0.507 e. The number of aromatic hydroxyl groups is 1. The second-order valence-electron chi connectivity index (χ2n) is 8.23. The molecule has 0 radical (unpaired) electrons. The van der Waals surface area contributed by atoms with Crippen LogP contribution in [0.5, 0.6) is 5.75 Å². The summed E-state index contributed by atoms with van der Waals surface area (Å²) in [7, 11) is 0. The molecule has 1 aromatic carbocycles. The first kappa shape index (κ1) is 22.3. The Bertz CT molecular complexity index is 661. The highest BCUT2D eigenvalue weighted by Crippen LogP contribution is 2.38. The number of alkyl halides is 6. The van der Waals surface area contributed by atoms with Gasteiger partial charge in [-0.05, 0) is 22.5 Å². The van der Waals surface area contributed by atoms with Gasteiger partial charge in [0.25, 0.3) is 0 Å². The largest absolute Gasteiger partial charge is 0.507 e. The van der Waals surface area contributed by atoms with Gasteiger partial charge in [-0.1, -0.05) is 47.6 Å². The molecule has 0 unspecified atom stereocenters. The van der Waals surface area contributed by atoms with E-state index in [-0.39, 0.29) is 11.3 Å². The summed E-state index contributed by atoms with van der Waals surface area (Å²) in [4.78, 5) is 2.71. The number of phenolic OH excluding ortho intramolecular Hbond substituents is 1. The van der Waals surface area contributed by atoms with E-state index in [4.69, 9.17) is 0 Å². The molecule has 0 amide bonds. The third-order valence-electron chi connectivity index (χ3n) is 3.80. The van der Waals surface area contributed by atoms with E-state index in [0.29, 0.717) is 17.3 Å². The molecule has 0 spiro atoms. The number of aliphatic imine (C=N–C) groups is 1. The summed E-state index contributed by atoms with van der Waals surface area (Å²) in [5.74, 6) is -0.377. The van der Waals surface area contributed by atoms with E-state index in [1.807, 2.05) is 20.8 Å². The van der Waals surface area contributed by atoms with Crippen molar-refractivity contribution in [1.82, 2.24) is 0 Å². The lowest BCUT2D eigenvalue weighted by Gasteiger charge is -2.27. The van der Waals surface area contributed by atoms with E-state index in [2.05, 4.69) is 4.99 Å². The summed E-state index contributed by atoms with van der Waals surface area (Å²) in [6.45, 7) is 10.9. The standard InChI is InChI=1S/C18H23F6NO/c1-15(2,3)11-7-10(13(26)12(8-11)16(4,5)6)9-25-14(17(19,20)21)18(22,23)24/h7-9,14,26H,1-6H3. The van der Waals surface area contributed by atoms with E-state index in [9.17, 15) is 31.4 Å². The van der Waals surface area contributed by atoms with Gasteiger partial charge in [-0.15, -0.1) is 0 Å². The Morgan fingerprint density at radius 1 is 0.846 bits per heavy atom. The molecule has 0 aliphatic heterocycles. The minimum absolute atomic E-state index is 0.180. The van der Waals surface area contributed by atoms with Gasteiger partial charge >= 0.3 is 12.4 Å². The molecule has 8 heteroatoms. The molecule has 0 fully saturated rings. The lowest BCUT2D eigenvalue weighted by atomic mass is 9.79. The summed E-state index contributed by atoms with van der Waals surface area (Å²) in [5.41, 5.74) is -0.0921. The average molecular weight is 383 g/mol. The van der Waals surface area contributed by atoms with Crippen molar-refractivity contribution >= 4 is 6.21 Å². The van der Waals surface area contributed by atoms with Crippen LogP contribution < -0.4 is 0 Å². The van der Waals surface area contributed by atoms with Gasteiger partial charge < -0.3 is 5.11 Å². The SMILES string of the molecule is CC(C)(C)c1cc(C=NC(C(F)(F)F)C(F)(F)F)c(O)c(C(C)(C)C)c1. The number of hydrogen-bond acceptors (Lipinski definition) is 2. The van der Waals surface area contributed by atoms with Gasteiger partial charge in [0.05, 0.1) is 0 Å². The number of phenols is 1. The summed E-state index contributed by atoms with van der Waals surface area (Å²) in [6, 6.07) is -0.777. The summed E-state index contributed by atoms with van der Waals surface area (Å²) < 4.78 is 76.0. The fraction of sp³-hybridized carbons (Fsp3) is 0.611. The first-order valence-corrected chi connectivity index (χ1v) is 7.89. The maximum Gasteiger partial charge on any atom is 0.419 e. The van der Waals surface area contributed by atoms with Crippen LogP contribution >= 0.6 is 0 Å². The quantitative estimate of drug-likeness (QED) is 0.501. The molecule has 0 heterocycles. The van der Waals surface area contributed by atoms with Gasteiger partial charge in [0.2, 0.25) is 6.04 Å². The van der Waals surface area contributed by atoms with E-state index in [1.54, 1.807) is 26.8 Å². The number of benzene rings is 1. The van der Waals surface area contributed by atoms with Crippen LogP contribution in [-0.2, 0) is 10.8 Å². The van der Waals surface area contributed by atoms with Crippen molar-refractivity contribution in [2.24, 2.45) is 4.99 Å². The zero-order chi connectivity index (χ0) is 20.7. The Hall–Kier alpha value is -1.73. The van der Waals surface area contributed by atoms with Gasteiger partial charge in [0, 0.05) is 17.3 Å². The van der Waals surface area contributed by atoms with Crippen molar-refractivity contribution in [2.75, 3.05) is 0 Å². The second kappa shape index (κ2) is 6.78. The zero-order valence-electron chi connectivity index (χ0n) is 15.5. The molecule has 2 nitrogen and oxygen atoms in total. The van der Waals surface area contributed by atoms with Gasteiger partial charge in [-0.2, -0.15) is 26.3 Å². The zero-order valence-corrected chi connectivity index (χ0v) is 15.5.